The molecule has 0 fully saturated rings. The van der Waals surface area contributed by atoms with Crippen LogP contribution in [0.5, 0.6) is 5.75 Å². The van der Waals surface area contributed by atoms with Crippen LogP contribution >= 0.6 is 11.3 Å². The van der Waals surface area contributed by atoms with E-state index in [9.17, 15) is 19.5 Å². The van der Waals surface area contributed by atoms with Gasteiger partial charge in [-0.2, -0.15) is 0 Å². The average molecular weight is 520 g/mol. The molecule has 1 N–H and O–H groups in total. The molecule has 0 saturated heterocycles. The summed E-state index contributed by atoms with van der Waals surface area (Å²) in [5, 5.41) is 13.1. The lowest BCUT2D eigenvalue weighted by Crippen LogP contribution is -2.38. The van der Waals surface area contributed by atoms with Crippen molar-refractivity contribution >= 4 is 34.7 Å². The highest BCUT2D eigenvalue weighted by Gasteiger charge is 2.51. The summed E-state index contributed by atoms with van der Waals surface area (Å²) in [5.74, 6) is -2.43. The maximum atomic E-state index is 13.8. The monoisotopic (exact) mass is 519 g/mol. The summed E-state index contributed by atoms with van der Waals surface area (Å²) in [7, 11) is 1.49. The molecule has 0 aliphatic carbocycles. The number of aliphatic hydroxyl groups is 1. The highest BCUT2D eigenvalue weighted by molar-refractivity contribution is 7.10. The lowest BCUT2D eigenvalue weighted by atomic mass is 9.80. The van der Waals surface area contributed by atoms with E-state index in [1.165, 1.54) is 30.7 Å². The molecule has 1 amide bonds. The molecule has 37 heavy (non-hydrogen) atoms. The van der Waals surface area contributed by atoms with Crippen LogP contribution in [0.2, 0.25) is 0 Å². The van der Waals surface area contributed by atoms with Crippen molar-refractivity contribution in [2.24, 2.45) is 5.41 Å². The maximum absolute atomic E-state index is 13.8. The van der Waals surface area contributed by atoms with Crippen molar-refractivity contribution in [3.63, 3.8) is 0 Å². The molecule has 3 aromatic rings. The van der Waals surface area contributed by atoms with Crippen LogP contribution in [-0.2, 0) is 19.1 Å². The number of esters is 1. The average Bonchev–Trinajstić information content (AvgIpc) is 3.44. The van der Waals surface area contributed by atoms with Crippen LogP contribution in [0, 0.1) is 12.3 Å². The van der Waals surface area contributed by atoms with E-state index in [0.29, 0.717) is 17.0 Å². The molecule has 1 unspecified atom stereocenters. The fourth-order valence-corrected chi connectivity index (χ4v) is 5.15. The molecule has 1 atom stereocenters. The largest absolute Gasteiger partial charge is 0.503 e. The van der Waals surface area contributed by atoms with Crippen molar-refractivity contribution in [1.29, 1.82) is 0 Å². The molecular formula is C29H29NO6S. The second-order valence-electron chi connectivity index (χ2n) is 9.25. The van der Waals surface area contributed by atoms with E-state index in [0.717, 1.165) is 11.1 Å². The molecule has 0 bridgehead atoms. The van der Waals surface area contributed by atoms with E-state index in [-0.39, 0.29) is 12.2 Å². The van der Waals surface area contributed by atoms with Gasteiger partial charge < -0.3 is 14.6 Å². The smallest absolute Gasteiger partial charge is 0.319 e. The van der Waals surface area contributed by atoms with Gasteiger partial charge in [0.05, 0.1) is 25.3 Å². The van der Waals surface area contributed by atoms with E-state index in [4.69, 9.17) is 9.47 Å². The van der Waals surface area contributed by atoms with Gasteiger partial charge in [0.2, 0.25) is 0 Å². The number of ether oxygens (including phenoxy) is 2. The number of nitrogens with zero attached hydrogens (tertiary/aromatic N) is 1. The molecule has 1 aliphatic rings. The molecule has 1 aromatic heterocycles. The van der Waals surface area contributed by atoms with Crippen LogP contribution in [0.15, 0.2) is 71.3 Å². The number of anilines is 1. The lowest BCUT2D eigenvalue weighted by molar-refractivity contribution is -0.156. The van der Waals surface area contributed by atoms with E-state index in [1.807, 2.05) is 19.1 Å². The summed E-state index contributed by atoms with van der Waals surface area (Å²) < 4.78 is 10.7. The number of amides is 1. The van der Waals surface area contributed by atoms with Gasteiger partial charge in [0.15, 0.2) is 11.5 Å². The predicted molar refractivity (Wildman–Crippen MR) is 143 cm³/mol. The summed E-state index contributed by atoms with van der Waals surface area (Å²) in [6.07, 6.45) is 0. The topological polar surface area (TPSA) is 93.1 Å². The van der Waals surface area contributed by atoms with Gasteiger partial charge in [0.1, 0.15) is 11.2 Å². The number of hydrogen-bond donors (Lipinski definition) is 1. The fourth-order valence-electron chi connectivity index (χ4n) is 4.44. The first-order valence-electron chi connectivity index (χ1n) is 11.9. The Balaban J connectivity index is 1.84. The molecule has 2 aromatic carbocycles. The van der Waals surface area contributed by atoms with Gasteiger partial charge in [0, 0.05) is 16.1 Å². The molecule has 4 rings (SSSR count). The summed E-state index contributed by atoms with van der Waals surface area (Å²) >= 11 is 1.65. The van der Waals surface area contributed by atoms with Crippen molar-refractivity contribution in [2.75, 3.05) is 18.6 Å². The van der Waals surface area contributed by atoms with Gasteiger partial charge in [-0.3, -0.25) is 19.3 Å². The number of Topliss-reactive ketones (excluding diaryl/α,β-unsaturated/α-hetero) is 1. The van der Waals surface area contributed by atoms with Crippen LogP contribution in [-0.4, -0.2) is 36.5 Å². The van der Waals surface area contributed by atoms with E-state index in [2.05, 4.69) is 11.4 Å². The van der Waals surface area contributed by atoms with Crippen LogP contribution in [0.1, 0.15) is 37.3 Å². The Morgan fingerprint density at radius 2 is 1.76 bits per heavy atom. The molecule has 1 aliphatic heterocycles. The highest BCUT2D eigenvalue weighted by Crippen LogP contribution is 2.46. The normalized spacial score (nSPS) is 15.8. The molecule has 8 heteroatoms. The van der Waals surface area contributed by atoms with Crippen molar-refractivity contribution in [3.05, 3.63) is 81.8 Å². The second-order valence-corrected chi connectivity index (χ2v) is 10.4. The third-order valence-electron chi connectivity index (χ3n) is 6.45. The Hall–Kier alpha value is -3.91. The SMILES string of the molecule is CCOC(=O)C(C)(C)C(=O)C1=C(O)C(=O)N(c2ccc(-c3csc(C)c3)cc2)C1c1ccccc1OC. The Bertz CT molecular complexity index is 1390. The minimum absolute atomic E-state index is 0.0948. The number of aliphatic hydroxyl groups excluding tert-OH is 1. The van der Waals surface area contributed by atoms with E-state index >= 15 is 0 Å². The first-order valence-corrected chi connectivity index (χ1v) is 12.8. The summed E-state index contributed by atoms with van der Waals surface area (Å²) in [4.78, 5) is 42.5. The number of rotatable bonds is 8. The van der Waals surface area contributed by atoms with Crippen LogP contribution < -0.4 is 9.64 Å². The van der Waals surface area contributed by atoms with Gasteiger partial charge in [0.25, 0.3) is 5.91 Å². The number of carbonyl (C=O) groups is 3. The molecule has 0 saturated carbocycles. The fraction of sp³-hybridized carbons (Fsp3) is 0.276. The first-order chi connectivity index (χ1) is 17.6. The number of hydrogen-bond acceptors (Lipinski definition) is 7. The number of thiophene rings is 1. The molecule has 0 spiro atoms. The third-order valence-corrected chi connectivity index (χ3v) is 7.31. The Morgan fingerprint density at radius 3 is 2.35 bits per heavy atom. The maximum Gasteiger partial charge on any atom is 0.319 e. The minimum Gasteiger partial charge on any atom is -0.503 e. The van der Waals surface area contributed by atoms with Gasteiger partial charge in [-0.1, -0.05) is 30.3 Å². The van der Waals surface area contributed by atoms with E-state index < -0.39 is 34.9 Å². The Morgan fingerprint density at radius 1 is 1.08 bits per heavy atom. The number of methoxy groups -OCH3 is 1. The van der Waals surface area contributed by atoms with Crippen LogP contribution in [0.4, 0.5) is 5.69 Å². The number of aryl methyl sites for hydroxylation is 1. The molecule has 192 valence electrons. The lowest BCUT2D eigenvalue weighted by Gasteiger charge is -2.30. The number of para-hydroxylation sites is 1. The molecular weight excluding hydrogens is 490 g/mol. The van der Waals surface area contributed by atoms with Crippen molar-refractivity contribution in [3.8, 4) is 16.9 Å². The Labute approximate surface area is 220 Å². The predicted octanol–water partition coefficient (Wildman–Crippen LogP) is 5.79. The van der Waals surface area contributed by atoms with Crippen LogP contribution in [0.3, 0.4) is 0 Å². The number of benzene rings is 2. The molecule has 7 nitrogen and oxygen atoms in total. The number of carbonyl (C=O) groups excluding carboxylic acids is 3. The first kappa shape index (κ1) is 26.2. The van der Waals surface area contributed by atoms with Gasteiger partial charge in [-0.25, -0.2) is 0 Å². The summed E-state index contributed by atoms with van der Waals surface area (Å²) in [5.41, 5.74) is 1.23. The number of ketones is 1. The second kappa shape index (κ2) is 10.2. The molecule has 2 heterocycles. The zero-order valence-corrected chi connectivity index (χ0v) is 22.2. The van der Waals surface area contributed by atoms with Crippen molar-refractivity contribution in [1.82, 2.24) is 0 Å². The van der Waals surface area contributed by atoms with Crippen molar-refractivity contribution in [2.45, 2.75) is 33.7 Å². The highest BCUT2D eigenvalue weighted by atomic mass is 32.1. The summed E-state index contributed by atoms with van der Waals surface area (Å²) in [6.45, 7) is 6.63. The minimum atomic E-state index is -1.63. The standard InChI is InChI=1S/C29H29NO6S/c1-6-36-28(34)29(3,4)26(32)23-24(21-9-7-8-10-22(21)35-5)30(27(33)25(23)31)20-13-11-18(12-14-20)19-15-17(2)37-16-19/h7-16,24,31H,6H2,1-5H3. The van der Waals surface area contributed by atoms with Gasteiger partial charge in [-0.15, -0.1) is 11.3 Å². The third kappa shape index (κ3) is 4.64. The van der Waals surface area contributed by atoms with Crippen LogP contribution in [0.25, 0.3) is 11.1 Å². The zero-order chi connectivity index (χ0) is 26.9. The quantitative estimate of drug-likeness (QED) is 0.299. The molecule has 0 radical (unpaired) electrons. The summed E-state index contributed by atoms with van der Waals surface area (Å²) in [6, 6.07) is 15.4. The van der Waals surface area contributed by atoms with Gasteiger partial charge in [-0.05, 0) is 68.5 Å². The van der Waals surface area contributed by atoms with E-state index in [1.54, 1.807) is 54.7 Å². The van der Waals surface area contributed by atoms with Gasteiger partial charge >= 0.3 is 5.97 Å². The zero-order valence-electron chi connectivity index (χ0n) is 21.4. The van der Waals surface area contributed by atoms with Crippen molar-refractivity contribution < 1.29 is 29.0 Å². The Kier molecular flexibility index (Phi) is 7.23.